The molecular weight excluding hydrogens is 264 g/mol. The number of nitrogens with zero attached hydrogens (tertiary/aromatic N) is 1. The van der Waals surface area contributed by atoms with Crippen molar-refractivity contribution in [2.24, 2.45) is 0 Å². The van der Waals surface area contributed by atoms with Gasteiger partial charge >= 0.3 is 0 Å². The third-order valence-corrected chi connectivity index (χ3v) is 4.13. The van der Waals surface area contributed by atoms with Gasteiger partial charge in [0.25, 0.3) is 0 Å². The van der Waals surface area contributed by atoms with E-state index in [4.69, 9.17) is 0 Å². The minimum atomic E-state index is 0.414. The summed E-state index contributed by atoms with van der Waals surface area (Å²) in [6.07, 6.45) is 8.21. The molecular formula is C13H23BrN2. The van der Waals surface area contributed by atoms with Crippen molar-refractivity contribution in [1.82, 2.24) is 10.2 Å². The zero-order valence-electron chi connectivity index (χ0n) is 10.1. The van der Waals surface area contributed by atoms with Gasteiger partial charge in [-0.3, -0.25) is 4.90 Å². The zero-order chi connectivity index (χ0) is 11.4. The normalized spacial score (nSPS) is 26.6. The Bertz CT molecular complexity index is 246. The second-order valence-electron chi connectivity index (χ2n) is 5.35. The Morgan fingerprint density at radius 2 is 2.00 bits per heavy atom. The second kappa shape index (κ2) is 5.65. The average molecular weight is 287 g/mol. The molecule has 0 bridgehead atoms. The molecule has 2 aliphatic rings. The molecule has 16 heavy (non-hydrogen) atoms. The van der Waals surface area contributed by atoms with Crippen molar-refractivity contribution in [1.29, 1.82) is 0 Å². The number of halogens is 1. The molecule has 2 fully saturated rings. The molecule has 1 spiro atoms. The maximum Gasteiger partial charge on any atom is 0.0308 e. The highest BCUT2D eigenvalue weighted by atomic mass is 79.9. The minimum Gasteiger partial charge on any atom is -0.310 e. The molecule has 0 atom stereocenters. The van der Waals surface area contributed by atoms with Crippen LogP contribution in [-0.4, -0.2) is 36.6 Å². The molecule has 2 rings (SSSR count). The molecule has 92 valence electrons. The van der Waals surface area contributed by atoms with E-state index < -0.39 is 0 Å². The fourth-order valence-corrected chi connectivity index (χ4v) is 3.51. The highest BCUT2D eigenvalue weighted by Crippen LogP contribution is 2.30. The largest absolute Gasteiger partial charge is 0.310 e. The average Bonchev–Trinajstić information content (AvgIpc) is 2.41. The van der Waals surface area contributed by atoms with Crippen molar-refractivity contribution in [2.75, 3.05) is 26.2 Å². The van der Waals surface area contributed by atoms with Gasteiger partial charge in [0.05, 0.1) is 0 Å². The lowest BCUT2D eigenvalue weighted by atomic mass is 9.81. The molecule has 1 aliphatic heterocycles. The monoisotopic (exact) mass is 286 g/mol. The Kier molecular flexibility index (Phi) is 4.45. The highest BCUT2D eigenvalue weighted by Gasteiger charge is 2.34. The summed E-state index contributed by atoms with van der Waals surface area (Å²) in [4.78, 5) is 2.56. The van der Waals surface area contributed by atoms with Crippen molar-refractivity contribution >= 4 is 15.9 Å². The van der Waals surface area contributed by atoms with Crippen LogP contribution in [0.4, 0.5) is 0 Å². The molecule has 3 heteroatoms. The topological polar surface area (TPSA) is 15.3 Å². The van der Waals surface area contributed by atoms with Gasteiger partial charge in [0, 0.05) is 23.1 Å². The van der Waals surface area contributed by atoms with Gasteiger partial charge in [0.1, 0.15) is 0 Å². The van der Waals surface area contributed by atoms with Gasteiger partial charge in [0.15, 0.2) is 0 Å². The van der Waals surface area contributed by atoms with E-state index in [0.717, 1.165) is 11.0 Å². The van der Waals surface area contributed by atoms with Gasteiger partial charge in [-0.2, -0.15) is 0 Å². The number of hydrogen-bond acceptors (Lipinski definition) is 2. The Morgan fingerprint density at radius 3 is 2.69 bits per heavy atom. The van der Waals surface area contributed by atoms with Crippen LogP contribution >= 0.6 is 15.9 Å². The fraction of sp³-hybridized carbons (Fsp3) is 0.846. The van der Waals surface area contributed by atoms with Crippen molar-refractivity contribution in [3.63, 3.8) is 0 Å². The van der Waals surface area contributed by atoms with E-state index in [9.17, 15) is 0 Å². The predicted octanol–water partition coefficient (Wildman–Crippen LogP) is 2.89. The maximum atomic E-state index is 3.97. The van der Waals surface area contributed by atoms with Crippen LogP contribution in [0.15, 0.2) is 11.1 Å². The molecule has 1 saturated heterocycles. The van der Waals surface area contributed by atoms with Crippen LogP contribution < -0.4 is 5.32 Å². The van der Waals surface area contributed by atoms with E-state index >= 15 is 0 Å². The number of nitrogens with one attached hydrogen (secondary N) is 1. The van der Waals surface area contributed by atoms with Crippen LogP contribution in [0.2, 0.25) is 0 Å². The van der Waals surface area contributed by atoms with Crippen LogP contribution in [0.5, 0.6) is 0 Å². The van der Waals surface area contributed by atoms with Crippen LogP contribution in [0.1, 0.15) is 38.5 Å². The van der Waals surface area contributed by atoms with Crippen molar-refractivity contribution in [2.45, 2.75) is 44.1 Å². The van der Waals surface area contributed by atoms with E-state index in [0.29, 0.717) is 5.54 Å². The van der Waals surface area contributed by atoms with E-state index in [1.807, 2.05) is 0 Å². The summed E-state index contributed by atoms with van der Waals surface area (Å²) < 4.78 is 1.11. The summed E-state index contributed by atoms with van der Waals surface area (Å²) in [5, 5.41) is 3.81. The van der Waals surface area contributed by atoms with Crippen molar-refractivity contribution < 1.29 is 0 Å². The summed E-state index contributed by atoms with van der Waals surface area (Å²) in [5.41, 5.74) is 0.414. The second-order valence-corrected chi connectivity index (χ2v) is 6.47. The van der Waals surface area contributed by atoms with Crippen LogP contribution in [0.3, 0.4) is 0 Å². The first-order chi connectivity index (χ1) is 7.70. The van der Waals surface area contributed by atoms with Crippen molar-refractivity contribution in [3.8, 4) is 0 Å². The van der Waals surface area contributed by atoms with E-state index in [-0.39, 0.29) is 0 Å². The molecule has 2 nitrogen and oxygen atoms in total. The fourth-order valence-electron chi connectivity index (χ4n) is 3.16. The third-order valence-electron chi connectivity index (χ3n) is 3.88. The lowest BCUT2D eigenvalue weighted by molar-refractivity contribution is 0.173. The first-order valence-corrected chi connectivity index (χ1v) is 7.30. The minimum absolute atomic E-state index is 0.414. The molecule has 0 unspecified atom stereocenters. The molecule has 0 aromatic carbocycles. The van der Waals surface area contributed by atoms with Crippen LogP contribution in [0, 0.1) is 0 Å². The molecule has 0 amide bonds. The van der Waals surface area contributed by atoms with Gasteiger partial charge in [-0.25, -0.2) is 0 Å². The standard InChI is InChI=1S/C13H23BrN2/c1-12(14)10-16-9-5-8-15-13(11-16)6-3-2-4-7-13/h15H,1-11H2. The summed E-state index contributed by atoms with van der Waals surface area (Å²) >= 11 is 3.49. The van der Waals surface area contributed by atoms with Gasteiger partial charge in [-0.1, -0.05) is 41.8 Å². The summed E-state index contributed by atoms with van der Waals surface area (Å²) in [6, 6.07) is 0. The van der Waals surface area contributed by atoms with Gasteiger partial charge in [0.2, 0.25) is 0 Å². The van der Waals surface area contributed by atoms with Crippen LogP contribution in [-0.2, 0) is 0 Å². The van der Waals surface area contributed by atoms with Gasteiger partial charge in [-0.15, -0.1) is 0 Å². The molecule has 0 aromatic heterocycles. The highest BCUT2D eigenvalue weighted by molar-refractivity contribution is 9.11. The summed E-state index contributed by atoms with van der Waals surface area (Å²) in [7, 11) is 0. The molecule has 0 aromatic rings. The smallest absolute Gasteiger partial charge is 0.0308 e. The third kappa shape index (κ3) is 3.31. The number of hydrogen-bond donors (Lipinski definition) is 1. The summed E-state index contributed by atoms with van der Waals surface area (Å²) in [6.45, 7) is 8.57. The first-order valence-electron chi connectivity index (χ1n) is 6.51. The zero-order valence-corrected chi connectivity index (χ0v) is 11.7. The Labute approximate surface area is 108 Å². The van der Waals surface area contributed by atoms with Crippen molar-refractivity contribution in [3.05, 3.63) is 11.1 Å². The molecule has 1 heterocycles. The Hall–Kier alpha value is 0.140. The summed E-state index contributed by atoms with van der Waals surface area (Å²) in [5.74, 6) is 0. The predicted molar refractivity (Wildman–Crippen MR) is 72.9 cm³/mol. The van der Waals surface area contributed by atoms with E-state index in [1.165, 1.54) is 58.2 Å². The molecule has 1 aliphatic carbocycles. The SMILES string of the molecule is C=C(Br)CN1CCCNC2(CCCCC2)C1. The quantitative estimate of drug-likeness (QED) is 0.840. The molecule has 1 N–H and O–H groups in total. The first kappa shape index (κ1) is 12.6. The lowest BCUT2D eigenvalue weighted by Crippen LogP contribution is -2.52. The molecule has 1 saturated carbocycles. The maximum absolute atomic E-state index is 3.97. The Balaban J connectivity index is 1.98. The lowest BCUT2D eigenvalue weighted by Gasteiger charge is -2.40. The van der Waals surface area contributed by atoms with E-state index in [1.54, 1.807) is 0 Å². The van der Waals surface area contributed by atoms with E-state index in [2.05, 4.69) is 32.7 Å². The molecule has 0 radical (unpaired) electrons. The number of rotatable bonds is 2. The van der Waals surface area contributed by atoms with Crippen LogP contribution in [0.25, 0.3) is 0 Å². The Morgan fingerprint density at radius 1 is 1.25 bits per heavy atom. The van der Waals surface area contributed by atoms with Gasteiger partial charge < -0.3 is 5.32 Å². The van der Waals surface area contributed by atoms with Gasteiger partial charge in [-0.05, 0) is 32.4 Å².